The van der Waals surface area contributed by atoms with Crippen LogP contribution in [0.1, 0.15) is 29.6 Å². The van der Waals surface area contributed by atoms with Crippen molar-refractivity contribution in [2.45, 2.75) is 24.2 Å². The molecule has 122 valence electrons. The zero-order chi connectivity index (χ0) is 16.3. The zero-order valence-corrected chi connectivity index (χ0v) is 13.3. The van der Waals surface area contributed by atoms with Crippen molar-refractivity contribution in [2.75, 3.05) is 17.8 Å². The Labute approximate surface area is 134 Å². The van der Waals surface area contributed by atoms with Crippen molar-refractivity contribution in [3.05, 3.63) is 42.2 Å². The third kappa shape index (κ3) is 3.53. The first kappa shape index (κ1) is 15.5. The Hall–Kier alpha value is -2.35. The Balaban J connectivity index is 1.78. The van der Waals surface area contributed by atoms with Gasteiger partial charge in [0.05, 0.1) is 6.20 Å². The second kappa shape index (κ2) is 6.41. The smallest absolute Gasteiger partial charge is 0.265 e. The molecule has 2 aromatic rings. The normalized spacial score (nSPS) is 15.4. The first-order valence-corrected chi connectivity index (χ1v) is 8.95. The fraction of sp³-hybridized carbons (Fsp3) is 0.333. The Kier molecular flexibility index (Phi) is 4.33. The molecule has 1 aliphatic rings. The maximum atomic E-state index is 12.5. The molecule has 1 amide bonds. The minimum atomic E-state index is -3.71. The van der Waals surface area contributed by atoms with E-state index in [4.69, 9.17) is 0 Å². The number of likely N-dealkylation sites (tertiary alicyclic amines) is 1. The fourth-order valence-corrected chi connectivity index (χ4v) is 3.55. The lowest BCUT2D eigenvalue weighted by Crippen LogP contribution is -2.35. The number of sulfonamides is 1. The number of nitrogens with zero attached hydrogens (tertiary/aromatic N) is 2. The van der Waals surface area contributed by atoms with Gasteiger partial charge in [0.2, 0.25) is 0 Å². The highest BCUT2D eigenvalue weighted by Crippen LogP contribution is 2.19. The summed E-state index contributed by atoms with van der Waals surface area (Å²) in [5, 5.41) is 6.10. The molecule has 1 aromatic heterocycles. The van der Waals surface area contributed by atoms with Gasteiger partial charge in [0, 0.05) is 30.5 Å². The topological polar surface area (TPSA) is 95.2 Å². The Bertz CT molecular complexity index is 781. The molecule has 1 aliphatic heterocycles. The van der Waals surface area contributed by atoms with Crippen molar-refractivity contribution < 1.29 is 13.2 Å². The third-order valence-corrected chi connectivity index (χ3v) is 5.14. The maximum Gasteiger partial charge on any atom is 0.265 e. The maximum absolute atomic E-state index is 12.5. The SMILES string of the molecule is O=C(c1cccc(NS(=O)(=O)c2cn[nH]c2)c1)N1CCCCC1. The predicted molar refractivity (Wildman–Crippen MR) is 85.6 cm³/mol. The summed E-state index contributed by atoms with van der Waals surface area (Å²) in [5.74, 6) is -0.0611. The van der Waals surface area contributed by atoms with Gasteiger partial charge in [0.25, 0.3) is 15.9 Å². The van der Waals surface area contributed by atoms with Crippen molar-refractivity contribution in [3.63, 3.8) is 0 Å². The van der Waals surface area contributed by atoms with E-state index in [0.29, 0.717) is 11.3 Å². The van der Waals surface area contributed by atoms with Crippen LogP contribution >= 0.6 is 0 Å². The van der Waals surface area contributed by atoms with Gasteiger partial charge in [-0.25, -0.2) is 8.42 Å². The van der Waals surface area contributed by atoms with Crippen molar-refractivity contribution in [1.82, 2.24) is 15.1 Å². The highest BCUT2D eigenvalue weighted by atomic mass is 32.2. The van der Waals surface area contributed by atoms with Gasteiger partial charge in [-0.3, -0.25) is 14.6 Å². The van der Waals surface area contributed by atoms with E-state index in [1.54, 1.807) is 24.3 Å². The number of rotatable bonds is 4. The average Bonchev–Trinajstić information content (AvgIpc) is 3.10. The molecule has 0 bridgehead atoms. The van der Waals surface area contributed by atoms with E-state index >= 15 is 0 Å². The van der Waals surface area contributed by atoms with E-state index in [1.165, 1.54) is 12.4 Å². The number of carbonyl (C=O) groups excluding carboxylic acids is 1. The Morgan fingerprint density at radius 1 is 1.22 bits per heavy atom. The predicted octanol–water partition coefficient (Wildman–Crippen LogP) is 1.84. The van der Waals surface area contributed by atoms with Gasteiger partial charge in [-0.1, -0.05) is 6.07 Å². The molecular formula is C15H18N4O3S. The number of nitrogens with one attached hydrogen (secondary N) is 2. The number of piperidine rings is 1. The van der Waals surface area contributed by atoms with Crippen molar-refractivity contribution in [1.29, 1.82) is 0 Å². The van der Waals surface area contributed by atoms with E-state index in [9.17, 15) is 13.2 Å². The molecule has 3 rings (SSSR count). The lowest BCUT2D eigenvalue weighted by molar-refractivity contribution is 0.0724. The fourth-order valence-electron chi connectivity index (χ4n) is 2.60. The summed E-state index contributed by atoms with van der Waals surface area (Å²) in [6.07, 6.45) is 5.70. The standard InChI is InChI=1S/C15H18N4O3S/c20-15(19-7-2-1-3-8-19)12-5-4-6-13(9-12)18-23(21,22)14-10-16-17-11-14/h4-6,9-11,18H,1-3,7-8H2,(H,16,17). The number of benzene rings is 1. The summed E-state index contributed by atoms with van der Waals surface area (Å²) in [6, 6.07) is 6.55. The monoisotopic (exact) mass is 334 g/mol. The van der Waals surface area contributed by atoms with Crippen LogP contribution in [0.5, 0.6) is 0 Å². The van der Waals surface area contributed by atoms with Crippen LogP contribution in [0.4, 0.5) is 5.69 Å². The molecule has 8 heteroatoms. The number of amides is 1. The first-order chi connectivity index (χ1) is 11.1. The Morgan fingerprint density at radius 2 is 2.00 bits per heavy atom. The molecule has 0 atom stereocenters. The third-order valence-electron chi connectivity index (χ3n) is 3.79. The number of aromatic amines is 1. The van der Waals surface area contributed by atoms with Gasteiger partial charge >= 0.3 is 0 Å². The van der Waals surface area contributed by atoms with Gasteiger partial charge in [0.15, 0.2) is 0 Å². The van der Waals surface area contributed by atoms with E-state index in [2.05, 4.69) is 14.9 Å². The van der Waals surface area contributed by atoms with Gasteiger partial charge < -0.3 is 4.90 Å². The summed E-state index contributed by atoms with van der Waals surface area (Å²) < 4.78 is 26.8. The van der Waals surface area contributed by atoms with Crippen LogP contribution in [0.2, 0.25) is 0 Å². The molecule has 0 radical (unpaired) electrons. The minimum absolute atomic E-state index is 0.0465. The molecule has 2 heterocycles. The van der Waals surface area contributed by atoms with Crippen molar-refractivity contribution >= 4 is 21.6 Å². The summed E-state index contributed by atoms with van der Waals surface area (Å²) >= 11 is 0. The number of H-pyrrole nitrogens is 1. The molecule has 0 unspecified atom stereocenters. The zero-order valence-electron chi connectivity index (χ0n) is 12.5. The van der Waals surface area contributed by atoms with Gasteiger partial charge in [-0.2, -0.15) is 5.10 Å². The lowest BCUT2D eigenvalue weighted by atomic mass is 10.1. The summed E-state index contributed by atoms with van der Waals surface area (Å²) in [7, 11) is -3.71. The van der Waals surface area contributed by atoms with Crippen LogP contribution in [0.15, 0.2) is 41.6 Å². The molecule has 0 spiro atoms. The first-order valence-electron chi connectivity index (χ1n) is 7.47. The molecule has 0 aliphatic carbocycles. The summed E-state index contributed by atoms with van der Waals surface area (Å²) in [6.45, 7) is 1.51. The molecule has 7 nitrogen and oxygen atoms in total. The van der Waals surface area contributed by atoms with Crippen LogP contribution < -0.4 is 4.72 Å². The lowest BCUT2D eigenvalue weighted by Gasteiger charge is -2.26. The van der Waals surface area contributed by atoms with E-state index in [0.717, 1.165) is 32.4 Å². The summed E-state index contributed by atoms with van der Waals surface area (Å²) in [4.78, 5) is 14.3. The van der Waals surface area contributed by atoms with Crippen LogP contribution in [0, 0.1) is 0 Å². The quantitative estimate of drug-likeness (QED) is 0.892. The average molecular weight is 334 g/mol. The molecule has 0 saturated carbocycles. The molecule has 23 heavy (non-hydrogen) atoms. The minimum Gasteiger partial charge on any atom is -0.339 e. The van der Waals surface area contributed by atoms with Crippen LogP contribution in [0.3, 0.4) is 0 Å². The van der Waals surface area contributed by atoms with Crippen LogP contribution in [0.25, 0.3) is 0 Å². The molecule has 1 fully saturated rings. The number of hydrogen-bond acceptors (Lipinski definition) is 4. The summed E-state index contributed by atoms with van der Waals surface area (Å²) in [5.41, 5.74) is 0.841. The van der Waals surface area contributed by atoms with Gasteiger partial charge in [0.1, 0.15) is 4.90 Å². The highest BCUT2D eigenvalue weighted by molar-refractivity contribution is 7.92. The largest absolute Gasteiger partial charge is 0.339 e. The molecule has 1 saturated heterocycles. The van der Waals surface area contributed by atoms with E-state index in [1.807, 2.05) is 4.90 Å². The van der Waals surface area contributed by atoms with Crippen LogP contribution in [-0.2, 0) is 10.0 Å². The molecular weight excluding hydrogens is 316 g/mol. The Morgan fingerprint density at radius 3 is 2.70 bits per heavy atom. The van der Waals surface area contributed by atoms with Gasteiger partial charge in [-0.15, -0.1) is 0 Å². The molecule has 2 N–H and O–H groups in total. The van der Waals surface area contributed by atoms with Crippen molar-refractivity contribution in [2.24, 2.45) is 0 Å². The number of anilines is 1. The highest BCUT2D eigenvalue weighted by Gasteiger charge is 2.20. The van der Waals surface area contributed by atoms with Crippen LogP contribution in [-0.4, -0.2) is 42.5 Å². The van der Waals surface area contributed by atoms with E-state index in [-0.39, 0.29) is 10.8 Å². The number of aromatic nitrogens is 2. The second-order valence-corrected chi connectivity index (χ2v) is 7.16. The van der Waals surface area contributed by atoms with E-state index < -0.39 is 10.0 Å². The number of hydrogen-bond donors (Lipinski definition) is 2. The van der Waals surface area contributed by atoms with Crippen molar-refractivity contribution in [3.8, 4) is 0 Å². The number of carbonyl (C=O) groups is 1. The van der Waals surface area contributed by atoms with Gasteiger partial charge in [-0.05, 0) is 37.5 Å². The second-order valence-electron chi connectivity index (χ2n) is 5.47. The molecule has 1 aromatic carbocycles.